The molecule has 5 heteroatoms. The lowest BCUT2D eigenvalue weighted by Crippen LogP contribution is -2.52. The Morgan fingerprint density at radius 1 is 1.29 bits per heavy atom. The number of rotatable bonds is 5. The maximum atomic E-state index is 12.2. The van der Waals surface area contributed by atoms with Crippen LogP contribution in [-0.2, 0) is 9.59 Å². The summed E-state index contributed by atoms with van der Waals surface area (Å²) in [5.41, 5.74) is 11.1. The Bertz CT molecular complexity index is 285. The van der Waals surface area contributed by atoms with Crippen molar-refractivity contribution in [2.24, 2.45) is 17.4 Å². The van der Waals surface area contributed by atoms with Crippen LogP contribution in [0.15, 0.2) is 0 Å². The van der Waals surface area contributed by atoms with E-state index in [1.807, 2.05) is 13.8 Å². The van der Waals surface area contributed by atoms with Crippen molar-refractivity contribution in [3.63, 3.8) is 0 Å². The Morgan fingerprint density at radius 3 is 2.24 bits per heavy atom. The van der Waals surface area contributed by atoms with Crippen molar-refractivity contribution in [1.29, 1.82) is 0 Å². The van der Waals surface area contributed by atoms with Crippen molar-refractivity contribution in [3.8, 4) is 0 Å². The van der Waals surface area contributed by atoms with Crippen LogP contribution in [0.25, 0.3) is 0 Å². The summed E-state index contributed by atoms with van der Waals surface area (Å²) in [5.74, 6) is -0.550. The van der Waals surface area contributed by atoms with Crippen LogP contribution in [0.1, 0.15) is 39.5 Å². The van der Waals surface area contributed by atoms with E-state index in [0.29, 0.717) is 0 Å². The molecule has 1 aliphatic carbocycles. The van der Waals surface area contributed by atoms with Gasteiger partial charge in [-0.25, -0.2) is 0 Å². The molecule has 1 rings (SSSR count). The highest BCUT2D eigenvalue weighted by Crippen LogP contribution is 2.24. The van der Waals surface area contributed by atoms with Crippen LogP contribution in [0.3, 0.4) is 0 Å². The van der Waals surface area contributed by atoms with E-state index in [2.05, 4.69) is 0 Å². The summed E-state index contributed by atoms with van der Waals surface area (Å²) in [4.78, 5) is 24.8. The summed E-state index contributed by atoms with van der Waals surface area (Å²) in [7, 11) is 0. The molecule has 0 aromatic heterocycles. The number of carbonyl (C=O) groups is 2. The highest BCUT2D eigenvalue weighted by Gasteiger charge is 2.31. The Labute approximate surface area is 103 Å². The molecule has 0 saturated heterocycles. The minimum Gasteiger partial charge on any atom is -0.368 e. The summed E-state index contributed by atoms with van der Waals surface area (Å²) in [6, 6.07) is -0.408. The van der Waals surface area contributed by atoms with E-state index in [1.165, 1.54) is 0 Å². The highest BCUT2D eigenvalue weighted by atomic mass is 16.2. The molecule has 98 valence electrons. The number of hydrogen-bond donors (Lipinski definition) is 2. The van der Waals surface area contributed by atoms with E-state index in [-0.39, 0.29) is 24.4 Å². The first kappa shape index (κ1) is 14.0. The van der Waals surface area contributed by atoms with Gasteiger partial charge in [0, 0.05) is 6.04 Å². The third-order valence-electron chi connectivity index (χ3n) is 3.38. The molecule has 1 atom stereocenters. The monoisotopic (exact) mass is 241 g/mol. The molecule has 17 heavy (non-hydrogen) atoms. The van der Waals surface area contributed by atoms with Crippen molar-refractivity contribution >= 4 is 11.8 Å². The Morgan fingerprint density at radius 2 is 1.82 bits per heavy atom. The van der Waals surface area contributed by atoms with E-state index in [4.69, 9.17) is 11.5 Å². The standard InChI is InChI=1S/C12H23N3O2/c1-8(2)11(14)12(17)15(7-10(13)16)9-5-3-4-6-9/h8-9,11H,3-7,14H2,1-2H3,(H2,13,16)/t11-/m1/s1. The number of nitrogens with two attached hydrogens (primary N) is 2. The van der Waals surface area contributed by atoms with Gasteiger partial charge in [0.05, 0.1) is 12.6 Å². The largest absolute Gasteiger partial charge is 0.368 e. The molecule has 1 fully saturated rings. The fourth-order valence-electron chi connectivity index (χ4n) is 2.25. The van der Waals surface area contributed by atoms with Crippen molar-refractivity contribution in [2.75, 3.05) is 6.54 Å². The van der Waals surface area contributed by atoms with Crippen LogP contribution in [0, 0.1) is 5.92 Å². The van der Waals surface area contributed by atoms with E-state index in [0.717, 1.165) is 25.7 Å². The summed E-state index contributed by atoms with van der Waals surface area (Å²) in [6.07, 6.45) is 4.10. The SMILES string of the molecule is CC(C)[C@@H](N)C(=O)N(CC(N)=O)C1CCCC1. The Balaban J connectivity index is 2.74. The molecule has 0 unspecified atom stereocenters. The van der Waals surface area contributed by atoms with Gasteiger partial charge < -0.3 is 16.4 Å². The molecule has 0 spiro atoms. The van der Waals surface area contributed by atoms with E-state index in [9.17, 15) is 9.59 Å². The van der Waals surface area contributed by atoms with Crippen molar-refractivity contribution in [3.05, 3.63) is 0 Å². The van der Waals surface area contributed by atoms with Crippen molar-refractivity contribution in [1.82, 2.24) is 4.90 Å². The van der Waals surface area contributed by atoms with Crippen LogP contribution >= 0.6 is 0 Å². The first-order valence-corrected chi connectivity index (χ1v) is 6.28. The maximum Gasteiger partial charge on any atom is 0.240 e. The zero-order valence-electron chi connectivity index (χ0n) is 10.7. The van der Waals surface area contributed by atoms with Gasteiger partial charge in [-0.3, -0.25) is 9.59 Å². The smallest absolute Gasteiger partial charge is 0.240 e. The van der Waals surface area contributed by atoms with Gasteiger partial charge in [-0.2, -0.15) is 0 Å². The fraction of sp³-hybridized carbons (Fsp3) is 0.833. The molecule has 0 radical (unpaired) electrons. The number of carbonyl (C=O) groups excluding carboxylic acids is 2. The van der Waals surface area contributed by atoms with Crippen LogP contribution in [0.5, 0.6) is 0 Å². The quantitative estimate of drug-likeness (QED) is 0.722. The molecule has 0 heterocycles. The van der Waals surface area contributed by atoms with Crippen LogP contribution in [0.4, 0.5) is 0 Å². The summed E-state index contributed by atoms with van der Waals surface area (Å²) >= 11 is 0. The summed E-state index contributed by atoms with van der Waals surface area (Å²) in [5, 5.41) is 0. The molecule has 0 aromatic rings. The zero-order valence-corrected chi connectivity index (χ0v) is 10.7. The molecule has 0 bridgehead atoms. The van der Waals surface area contributed by atoms with Gasteiger partial charge in [0.15, 0.2) is 0 Å². The number of primary amides is 1. The first-order chi connectivity index (χ1) is 7.93. The van der Waals surface area contributed by atoms with Crippen molar-refractivity contribution < 1.29 is 9.59 Å². The van der Waals surface area contributed by atoms with Gasteiger partial charge in [-0.1, -0.05) is 26.7 Å². The highest BCUT2D eigenvalue weighted by molar-refractivity contribution is 5.87. The molecule has 5 nitrogen and oxygen atoms in total. The van der Waals surface area contributed by atoms with Gasteiger partial charge in [0.25, 0.3) is 0 Å². The predicted octanol–water partition coefficient (Wildman–Crippen LogP) is 0.226. The number of nitrogens with zero attached hydrogens (tertiary/aromatic N) is 1. The maximum absolute atomic E-state index is 12.2. The lowest BCUT2D eigenvalue weighted by atomic mass is 10.0. The lowest BCUT2D eigenvalue weighted by molar-refractivity contribution is -0.139. The average molecular weight is 241 g/mol. The number of amides is 2. The Kier molecular flexibility index (Phi) is 4.93. The molecule has 1 saturated carbocycles. The molecule has 1 aliphatic rings. The zero-order chi connectivity index (χ0) is 13.0. The third-order valence-corrected chi connectivity index (χ3v) is 3.38. The minimum atomic E-state index is -0.546. The second kappa shape index (κ2) is 6.00. The van der Waals surface area contributed by atoms with Gasteiger partial charge >= 0.3 is 0 Å². The summed E-state index contributed by atoms with van der Waals surface area (Å²) in [6.45, 7) is 3.79. The van der Waals surface area contributed by atoms with Gasteiger partial charge in [-0.05, 0) is 18.8 Å². The predicted molar refractivity (Wildman–Crippen MR) is 66.0 cm³/mol. The molecule has 0 aromatic carbocycles. The van der Waals surface area contributed by atoms with Crippen molar-refractivity contribution in [2.45, 2.75) is 51.6 Å². The van der Waals surface area contributed by atoms with E-state index in [1.54, 1.807) is 4.90 Å². The second-order valence-corrected chi connectivity index (χ2v) is 5.14. The second-order valence-electron chi connectivity index (χ2n) is 5.14. The van der Waals surface area contributed by atoms with Crippen LogP contribution in [0.2, 0.25) is 0 Å². The van der Waals surface area contributed by atoms with Gasteiger partial charge in [0.2, 0.25) is 11.8 Å². The topological polar surface area (TPSA) is 89.4 Å². The molecule has 2 amide bonds. The molecular weight excluding hydrogens is 218 g/mol. The first-order valence-electron chi connectivity index (χ1n) is 6.28. The average Bonchev–Trinajstić information content (AvgIpc) is 2.76. The number of hydrogen-bond acceptors (Lipinski definition) is 3. The normalized spacial score (nSPS) is 18.4. The van der Waals surface area contributed by atoms with Gasteiger partial charge in [-0.15, -0.1) is 0 Å². The summed E-state index contributed by atoms with van der Waals surface area (Å²) < 4.78 is 0. The van der Waals surface area contributed by atoms with Crippen LogP contribution in [-0.4, -0.2) is 35.3 Å². The minimum absolute atomic E-state index is 0.0100. The lowest BCUT2D eigenvalue weighted by Gasteiger charge is -2.31. The van der Waals surface area contributed by atoms with E-state index >= 15 is 0 Å². The van der Waals surface area contributed by atoms with Gasteiger partial charge in [0.1, 0.15) is 0 Å². The van der Waals surface area contributed by atoms with Crippen LogP contribution < -0.4 is 11.5 Å². The fourth-order valence-corrected chi connectivity index (χ4v) is 2.25. The third kappa shape index (κ3) is 3.70. The molecule has 4 N–H and O–H groups in total. The molecule has 0 aliphatic heterocycles. The van der Waals surface area contributed by atoms with E-state index < -0.39 is 11.9 Å². The molecular formula is C12H23N3O2. The Hall–Kier alpha value is -1.10.